The maximum absolute atomic E-state index is 11.6. The van der Waals surface area contributed by atoms with E-state index in [4.69, 9.17) is 14.2 Å². The number of carbonyl (C=O) groups is 2. The summed E-state index contributed by atoms with van der Waals surface area (Å²) in [6.07, 6.45) is -0.352. The molecule has 0 aromatic rings. The van der Waals surface area contributed by atoms with E-state index in [0.717, 1.165) is 11.1 Å². The molecule has 1 amide bonds. The summed E-state index contributed by atoms with van der Waals surface area (Å²) in [5.74, 6) is -0.468. The summed E-state index contributed by atoms with van der Waals surface area (Å²) in [6, 6.07) is -1.05. The van der Waals surface area contributed by atoms with Crippen LogP contribution >= 0.6 is 0 Å². The molecule has 0 radical (unpaired) electrons. The molecule has 0 unspecified atom stereocenters. The molecule has 0 aromatic heterocycles. The Morgan fingerprint density at radius 1 is 1.33 bits per heavy atom. The van der Waals surface area contributed by atoms with E-state index in [-0.39, 0.29) is 12.4 Å². The maximum atomic E-state index is 11.6. The summed E-state index contributed by atoms with van der Waals surface area (Å²) in [7, 11) is 0. The standard InChI is InChI=1S/C18H23NO8/c1-8-5-14(22)26-12-6-10(3-4-11(8)12)25-18-15(19-9(2)21)17(24)16(23)13(7-20)27-18/h3-4,6,12-13,15-18,20,23-24H,5,7H2,1-2H3,(H,19,21)/t12-,13+,15-,16+,17-,18+/m0/s1. The predicted molar refractivity (Wildman–Crippen MR) is 90.9 cm³/mol. The topological polar surface area (TPSA) is 135 Å². The van der Waals surface area contributed by atoms with E-state index in [0.29, 0.717) is 5.76 Å². The molecule has 0 saturated carbocycles. The van der Waals surface area contributed by atoms with E-state index >= 15 is 0 Å². The molecule has 4 N–H and O–H groups in total. The number of nitrogens with one attached hydrogen (secondary N) is 1. The highest BCUT2D eigenvalue weighted by molar-refractivity contribution is 5.76. The Balaban J connectivity index is 1.80. The van der Waals surface area contributed by atoms with Crippen molar-refractivity contribution < 1.29 is 39.1 Å². The highest BCUT2D eigenvalue weighted by Gasteiger charge is 2.46. The zero-order valence-electron chi connectivity index (χ0n) is 15.0. The molecule has 1 aliphatic carbocycles. The molecule has 9 heteroatoms. The molecule has 2 aliphatic heterocycles. The number of fused-ring (bicyclic) bond motifs is 1. The average molecular weight is 381 g/mol. The van der Waals surface area contributed by atoms with E-state index in [2.05, 4.69) is 5.32 Å². The van der Waals surface area contributed by atoms with Crippen LogP contribution in [0.4, 0.5) is 0 Å². The van der Waals surface area contributed by atoms with Crippen LogP contribution in [0.1, 0.15) is 20.3 Å². The van der Waals surface area contributed by atoms with Gasteiger partial charge in [0.2, 0.25) is 12.2 Å². The number of allylic oxidation sites excluding steroid dienone is 1. The fourth-order valence-corrected chi connectivity index (χ4v) is 3.33. The number of ether oxygens (including phenoxy) is 3. The second-order valence-electron chi connectivity index (χ2n) is 6.78. The Labute approximate surface area is 155 Å². The summed E-state index contributed by atoms with van der Waals surface area (Å²) >= 11 is 0. The van der Waals surface area contributed by atoms with Gasteiger partial charge in [0, 0.05) is 13.0 Å². The van der Waals surface area contributed by atoms with Gasteiger partial charge in [-0.3, -0.25) is 9.59 Å². The Bertz CT molecular complexity index is 712. The minimum Gasteiger partial charge on any atom is -0.463 e. The lowest BCUT2D eigenvalue weighted by molar-refractivity contribution is -0.258. The lowest BCUT2D eigenvalue weighted by atomic mass is 9.94. The van der Waals surface area contributed by atoms with Gasteiger partial charge in [-0.05, 0) is 18.6 Å². The molecular formula is C18H23NO8. The van der Waals surface area contributed by atoms with E-state index in [1.54, 1.807) is 18.2 Å². The third kappa shape index (κ3) is 4.06. The van der Waals surface area contributed by atoms with Crippen molar-refractivity contribution in [2.24, 2.45) is 0 Å². The molecular weight excluding hydrogens is 358 g/mol. The lowest BCUT2D eigenvalue weighted by Gasteiger charge is -2.42. The number of aliphatic hydroxyl groups excluding tert-OH is 3. The zero-order chi connectivity index (χ0) is 19.7. The summed E-state index contributed by atoms with van der Waals surface area (Å²) in [5, 5.41) is 32.2. The van der Waals surface area contributed by atoms with Gasteiger partial charge in [-0.2, -0.15) is 0 Å². The minimum absolute atomic E-state index is 0.235. The second kappa shape index (κ2) is 7.81. The highest BCUT2D eigenvalue weighted by Crippen LogP contribution is 2.31. The summed E-state index contributed by atoms with van der Waals surface area (Å²) < 4.78 is 16.6. The monoisotopic (exact) mass is 381 g/mol. The van der Waals surface area contributed by atoms with E-state index in [1.165, 1.54) is 6.92 Å². The quantitative estimate of drug-likeness (QED) is 0.457. The molecule has 1 fully saturated rings. The Morgan fingerprint density at radius 2 is 2.07 bits per heavy atom. The van der Waals surface area contributed by atoms with Gasteiger partial charge in [0.05, 0.1) is 13.0 Å². The van der Waals surface area contributed by atoms with Crippen molar-refractivity contribution in [2.75, 3.05) is 6.61 Å². The van der Waals surface area contributed by atoms with Crippen molar-refractivity contribution in [3.8, 4) is 0 Å². The van der Waals surface area contributed by atoms with Crippen LogP contribution in [-0.2, 0) is 23.8 Å². The third-order valence-electron chi connectivity index (χ3n) is 4.71. The van der Waals surface area contributed by atoms with Crippen molar-refractivity contribution in [1.29, 1.82) is 0 Å². The number of carbonyl (C=O) groups excluding carboxylic acids is 2. The third-order valence-corrected chi connectivity index (χ3v) is 4.71. The van der Waals surface area contributed by atoms with Crippen LogP contribution in [0.2, 0.25) is 0 Å². The Morgan fingerprint density at radius 3 is 2.74 bits per heavy atom. The van der Waals surface area contributed by atoms with Crippen LogP contribution in [-0.4, -0.2) is 70.6 Å². The van der Waals surface area contributed by atoms with Crippen LogP contribution in [0.25, 0.3) is 0 Å². The largest absolute Gasteiger partial charge is 0.463 e. The maximum Gasteiger partial charge on any atom is 0.310 e. The van der Waals surface area contributed by atoms with Crippen molar-refractivity contribution in [1.82, 2.24) is 5.32 Å². The average Bonchev–Trinajstić information content (AvgIpc) is 2.60. The summed E-state index contributed by atoms with van der Waals surface area (Å²) in [4.78, 5) is 23.1. The summed E-state index contributed by atoms with van der Waals surface area (Å²) in [6.45, 7) is 2.58. The Kier molecular flexibility index (Phi) is 5.66. The first-order chi connectivity index (χ1) is 12.8. The number of aliphatic hydroxyl groups is 3. The SMILES string of the molecule is CC(=O)N[C@@H]1[C@H](OC2=C[C@@H]3OC(=O)CC(C)=C3C=C2)O[C@H](CO)[C@@H](O)[C@H]1O. The zero-order valence-corrected chi connectivity index (χ0v) is 15.0. The van der Waals surface area contributed by atoms with Gasteiger partial charge < -0.3 is 34.8 Å². The van der Waals surface area contributed by atoms with Gasteiger partial charge in [0.25, 0.3) is 0 Å². The molecule has 0 bridgehead atoms. The van der Waals surface area contributed by atoms with Crippen LogP contribution in [0.3, 0.4) is 0 Å². The van der Waals surface area contributed by atoms with Crippen LogP contribution < -0.4 is 5.32 Å². The molecule has 1 saturated heterocycles. The molecule has 2 heterocycles. The molecule has 3 aliphatic rings. The minimum atomic E-state index is -1.40. The molecule has 3 rings (SSSR count). The molecule has 0 spiro atoms. The van der Waals surface area contributed by atoms with E-state index in [1.807, 2.05) is 6.92 Å². The van der Waals surface area contributed by atoms with Crippen LogP contribution in [0, 0.1) is 0 Å². The first kappa shape index (κ1) is 19.6. The van der Waals surface area contributed by atoms with Gasteiger partial charge >= 0.3 is 5.97 Å². The molecule has 0 aromatic carbocycles. The normalized spacial score (nSPS) is 35.9. The second-order valence-corrected chi connectivity index (χ2v) is 6.78. The van der Waals surface area contributed by atoms with Gasteiger partial charge in [-0.1, -0.05) is 11.6 Å². The van der Waals surface area contributed by atoms with Gasteiger partial charge in [-0.15, -0.1) is 0 Å². The van der Waals surface area contributed by atoms with E-state index in [9.17, 15) is 24.9 Å². The fraction of sp³-hybridized carbons (Fsp3) is 0.556. The number of hydrogen-bond donors (Lipinski definition) is 4. The van der Waals surface area contributed by atoms with Crippen molar-refractivity contribution in [3.63, 3.8) is 0 Å². The Hall–Kier alpha value is -2.20. The lowest BCUT2D eigenvalue weighted by Crippen LogP contribution is -2.64. The highest BCUT2D eigenvalue weighted by atomic mass is 16.7. The number of hydrogen-bond acceptors (Lipinski definition) is 8. The number of amides is 1. The molecule has 148 valence electrons. The number of esters is 1. The van der Waals surface area contributed by atoms with Crippen molar-refractivity contribution in [2.45, 2.75) is 57.0 Å². The van der Waals surface area contributed by atoms with Crippen LogP contribution in [0.15, 0.2) is 35.1 Å². The molecule has 6 atom stereocenters. The smallest absolute Gasteiger partial charge is 0.310 e. The van der Waals surface area contributed by atoms with Crippen molar-refractivity contribution >= 4 is 11.9 Å². The number of rotatable bonds is 4. The van der Waals surface area contributed by atoms with Crippen LogP contribution in [0.5, 0.6) is 0 Å². The van der Waals surface area contributed by atoms with Gasteiger partial charge in [0.1, 0.15) is 36.2 Å². The predicted octanol–water partition coefficient (Wildman–Crippen LogP) is -0.968. The molecule has 9 nitrogen and oxygen atoms in total. The first-order valence-electron chi connectivity index (χ1n) is 8.65. The fourth-order valence-electron chi connectivity index (χ4n) is 3.33. The van der Waals surface area contributed by atoms with Gasteiger partial charge in [0.15, 0.2) is 0 Å². The van der Waals surface area contributed by atoms with Crippen molar-refractivity contribution in [3.05, 3.63) is 35.1 Å². The van der Waals surface area contributed by atoms with Gasteiger partial charge in [-0.25, -0.2) is 0 Å². The first-order valence-corrected chi connectivity index (χ1v) is 8.65. The molecule has 27 heavy (non-hydrogen) atoms. The van der Waals surface area contributed by atoms with E-state index < -0.39 is 49.3 Å². The summed E-state index contributed by atoms with van der Waals surface area (Å²) in [5.41, 5.74) is 1.78.